The van der Waals surface area contributed by atoms with Crippen molar-refractivity contribution < 1.29 is 14.6 Å². The van der Waals surface area contributed by atoms with Crippen LogP contribution in [0, 0.1) is 0 Å². The minimum atomic E-state index is -0.0509. The molecule has 2 unspecified atom stereocenters. The molecule has 0 aromatic rings. The monoisotopic (exact) mass is 154 g/mol. The molecule has 1 N–H and O–H groups in total. The van der Waals surface area contributed by atoms with E-state index in [9.17, 15) is 0 Å². The Morgan fingerprint density at radius 3 is 3.27 bits per heavy atom. The molecule has 2 rings (SSSR count). The van der Waals surface area contributed by atoms with Crippen LogP contribution in [0.3, 0.4) is 0 Å². The van der Waals surface area contributed by atoms with Crippen LogP contribution < -0.4 is 0 Å². The molecule has 3 nitrogen and oxygen atoms in total. The topological polar surface area (TPSA) is 38.7 Å². The molecule has 0 saturated carbocycles. The van der Waals surface area contributed by atoms with Crippen LogP contribution in [-0.4, -0.2) is 30.7 Å². The first-order chi connectivity index (χ1) is 5.42. The molecule has 0 aromatic heterocycles. The van der Waals surface area contributed by atoms with E-state index in [2.05, 4.69) is 0 Å². The van der Waals surface area contributed by atoms with Gasteiger partial charge in [0.25, 0.3) is 0 Å². The van der Waals surface area contributed by atoms with Gasteiger partial charge in [0.15, 0.2) is 0 Å². The Morgan fingerprint density at radius 2 is 2.45 bits per heavy atom. The molecule has 0 aromatic carbocycles. The summed E-state index contributed by atoms with van der Waals surface area (Å²) in [6.07, 6.45) is 5.67. The lowest BCUT2D eigenvalue weighted by Crippen LogP contribution is -2.26. The summed E-state index contributed by atoms with van der Waals surface area (Å²) in [6.45, 7) is 0.381. The number of ether oxygens (including phenoxy) is 2. The van der Waals surface area contributed by atoms with Crippen LogP contribution in [0.5, 0.6) is 0 Å². The van der Waals surface area contributed by atoms with E-state index in [1.165, 1.54) is 0 Å². The predicted molar refractivity (Wildman–Crippen MR) is 38.9 cm³/mol. The normalized spacial score (nSPS) is 35.2. The number of rotatable bonds is 1. The molecule has 1 heterocycles. The second kappa shape index (κ2) is 2.77. The number of hydrogen-bond donors (Lipinski definition) is 1. The zero-order valence-electron chi connectivity index (χ0n) is 6.06. The summed E-state index contributed by atoms with van der Waals surface area (Å²) >= 11 is 0. The van der Waals surface area contributed by atoms with Gasteiger partial charge in [-0.3, -0.25) is 0 Å². The summed E-state index contributed by atoms with van der Waals surface area (Å²) in [5.41, 5.74) is 0.898. The first-order valence-corrected chi connectivity index (χ1v) is 3.63. The molecule has 1 fully saturated rings. The van der Waals surface area contributed by atoms with E-state index in [1.807, 2.05) is 18.2 Å². The van der Waals surface area contributed by atoms with Crippen molar-refractivity contribution >= 4 is 0 Å². The Hall–Kier alpha value is -0.640. The third-order valence-corrected chi connectivity index (χ3v) is 1.97. The highest BCUT2D eigenvalue weighted by atomic mass is 16.7. The molecule has 0 amide bonds. The van der Waals surface area contributed by atoms with Crippen LogP contribution in [0.2, 0.25) is 0 Å². The first kappa shape index (κ1) is 7.03. The maximum absolute atomic E-state index is 8.90. The van der Waals surface area contributed by atoms with Crippen LogP contribution in [0.25, 0.3) is 0 Å². The Morgan fingerprint density at radius 1 is 1.55 bits per heavy atom. The van der Waals surface area contributed by atoms with Crippen LogP contribution in [0.1, 0.15) is 0 Å². The van der Waals surface area contributed by atoms with E-state index in [0.717, 1.165) is 5.57 Å². The lowest BCUT2D eigenvalue weighted by molar-refractivity contribution is 0.0475. The number of aliphatic hydroxyl groups is 1. The van der Waals surface area contributed by atoms with Gasteiger partial charge in [0.2, 0.25) is 0 Å². The fourth-order valence-corrected chi connectivity index (χ4v) is 1.37. The summed E-state index contributed by atoms with van der Waals surface area (Å²) in [4.78, 5) is 0. The Bertz CT molecular complexity index is 207. The Labute approximate surface area is 64.9 Å². The number of allylic oxidation sites excluding steroid dienone is 2. The van der Waals surface area contributed by atoms with Crippen molar-refractivity contribution in [3.05, 3.63) is 23.8 Å². The third-order valence-electron chi connectivity index (χ3n) is 1.97. The van der Waals surface area contributed by atoms with Crippen molar-refractivity contribution in [3.63, 3.8) is 0 Å². The molecular weight excluding hydrogens is 144 g/mol. The smallest absolute Gasteiger partial charge is 0.148 e. The molecular formula is C8H10O3. The van der Waals surface area contributed by atoms with Gasteiger partial charge in [-0.25, -0.2) is 0 Å². The fraction of sp³-hybridized carbons (Fsp3) is 0.500. The van der Waals surface area contributed by atoms with E-state index >= 15 is 0 Å². The lowest BCUT2D eigenvalue weighted by Gasteiger charge is -2.18. The minimum absolute atomic E-state index is 0.0159. The highest BCUT2D eigenvalue weighted by Crippen LogP contribution is 2.24. The maximum Gasteiger partial charge on any atom is 0.148 e. The average Bonchev–Trinajstić information content (AvgIpc) is 2.50. The van der Waals surface area contributed by atoms with Crippen molar-refractivity contribution in [2.24, 2.45) is 0 Å². The molecule has 1 aliphatic heterocycles. The van der Waals surface area contributed by atoms with E-state index in [-0.39, 0.29) is 18.8 Å². The van der Waals surface area contributed by atoms with Crippen LogP contribution >= 0.6 is 0 Å². The van der Waals surface area contributed by atoms with E-state index in [0.29, 0.717) is 6.79 Å². The molecule has 1 saturated heterocycles. The van der Waals surface area contributed by atoms with Crippen molar-refractivity contribution in [3.8, 4) is 0 Å². The van der Waals surface area contributed by atoms with E-state index in [4.69, 9.17) is 14.6 Å². The lowest BCUT2D eigenvalue weighted by atomic mass is 10.0. The van der Waals surface area contributed by atoms with Gasteiger partial charge in [0.05, 0.1) is 6.61 Å². The molecule has 0 bridgehead atoms. The van der Waals surface area contributed by atoms with Crippen LogP contribution in [0.4, 0.5) is 0 Å². The number of fused-ring (bicyclic) bond motifs is 1. The molecule has 60 valence electrons. The minimum Gasteiger partial charge on any atom is -0.392 e. The Balaban J connectivity index is 2.19. The second-order valence-electron chi connectivity index (χ2n) is 2.62. The van der Waals surface area contributed by atoms with Gasteiger partial charge in [0.1, 0.15) is 19.0 Å². The summed E-state index contributed by atoms with van der Waals surface area (Å²) in [7, 11) is 0. The molecule has 11 heavy (non-hydrogen) atoms. The van der Waals surface area contributed by atoms with E-state index in [1.54, 1.807) is 0 Å². The van der Waals surface area contributed by atoms with Crippen molar-refractivity contribution in [2.45, 2.75) is 12.2 Å². The maximum atomic E-state index is 8.90. The highest BCUT2D eigenvalue weighted by molar-refractivity contribution is 5.26. The van der Waals surface area contributed by atoms with E-state index < -0.39 is 0 Å². The van der Waals surface area contributed by atoms with Crippen molar-refractivity contribution in [1.29, 1.82) is 0 Å². The fourth-order valence-electron chi connectivity index (χ4n) is 1.37. The molecule has 2 aliphatic rings. The molecule has 0 spiro atoms. The van der Waals surface area contributed by atoms with Crippen LogP contribution in [-0.2, 0) is 9.47 Å². The predicted octanol–water partition coefficient (Wildman–Crippen LogP) is 0.216. The number of aliphatic hydroxyl groups excluding tert-OH is 1. The SMILES string of the molecule is OCC1=CC=CC2OCOC12. The van der Waals surface area contributed by atoms with Gasteiger partial charge in [0, 0.05) is 0 Å². The van der Waals surface area contributed by atoms with Gasteiger partial charge < -0.3 is 14.6 Å². The molecule has 2 atom stereocenters. The third kappa shape index (κ3) is 1.11. The van der Waals surface area contributed by atoms with Crippen molar-refractivity contribution in [1.82, 2.24) is 0 Å². The molecule has 3 heteroatoms. The zero-order valence-corrected chi connectivity index (χ0v) is 6.06. The second-order valence-corrected chi connectivity index (χ2v) is 2.62. The highest BCUT2D eigenvalue weighted by Gasteiger charge is 2.31. The average molecular weight is 154 g/mol. The number of hydrogen-bond acceptors (Lipinski definition) is 3. The van der Waals surface area contributed by atoms with Gasteiger partial charge in [-0.1, -0.05) is 18.2 Å². The summed E-state index contributed by atoms with van der Waals surface area (Å²) in [6, 6.07) is 0. The van der Waals surface area contributed by atoms with Gasteiger partial charge >= 0.3 is 0 Å². The quantitative estimate of drug-likeness (QED) is 0.587. The first-order valence-electron chi connectivity index (χ1n) is 3.63. The summed E-state index contributed by atoms with van der Waals surface area (Å²) in [5.74, 6) is 0. The largest absolute Gasteiger partial charge is 0.392 e. The van der Waals surface area contributed by atoms with Crippen molar-refractivity contribution in [2.75, 3.05) is 13.4 Å². The molecule has 0 radical (unpaired) electrons. The van der Waals surface area contributed by atoms with Gasteiger partial charge in [-0.2, -0.15) is 0 Å². The Kier molecular flexibility index (Phi) is 1.77. The summed E-state index contributed by atoms with van der Waals surface area (Å²) in [5, 5.41) is 8.90. The zero-order chi connectivity index (χ0) is 7.68. The molecule has 1 aliphatic carbocycles. The van der Waals surface area contributed by atoms with Gasteiger partial charge in [-0.15, -0.1) is 0 Å². The van der Waals surface area contributed by atoms with Crippen LogP contribution in [0.15, 0.2) is 23.8 Å². The van der Waals surface area contributed by atoms with Gasteiger partial charge in [-0.05, 0) is 5.57 Å². The summed E-state index contributed by atoms with van der Waals surface area (Å²) < 4.78 is 10.5. The standard InChI is InChI=1S/C8H10O3/c9-4-6-2-1-3-7-8(6)11-5-10-7/h1-3,7-9H,4-5H2.